The second-order valence-corrected chi connectivity index (χ2v) is 15.0. The second-order valence-electron chi connectivity index (χ2n) is 15.0. The fourth-order valence-corrected chi connectivity index (χ4v) is 5.57. The average Bonchev–Trinajstić information content (AvgIpc) is 3.29. The van der Waals surface area contributed by atoms with Gasteiger partial charge in [-0.15, -0.1) is 0 Å². The van der Waals surface area contributed by atoms with Crippen LogP contribution in [0, 0.1) is 0 Å². The molecule has 0 rings (SSSR count). The van der Waals surface area contributed by atoms with Crippen LogP contribution in [0.15, 0.2) is 170 Å². The van der Waals surface area contributed by atoms with Crippen molar-refractivity contribution in [2.75, 3.05) is 13.2 Å². The SMILES string of the molecule is CC\C=C/C=C\C=C/C=C\C=C/CCCC(=O)OCC(COC(=O)CC/C=C\C/C=C\C/C=C\C/C=C\C/C=C\C/C=C\CC)OC(=O)CCCCCC/C=C\C/C=C\C/C=C\CC. The van der Waals surface area contributed by atoms with Gasteiger partial charge in [-0.3, -0.25) is 14.4 Å². The summed E-state index contributed by atoms with van der Waals surface area (Å²) < 4.78 is 16.6. The van der Waals surface area contributed by atoms with Gasteiger partial charge in [0.25, 0.3) is 0 Å². The van der Waals surface area contributed by atoms with E-state index in [0.717, 1.165) is 96.3 Å². The van der Waals surface area contributed by atoms with E-state index >= 15 is 0 Å². The van der Waals surface area contributed by atoms with Crippen molar-refractivity contribution in [1.82, 2.24) is 0 Å². The lowest BCUT2D eigenvalue weighted by Crippen LogP contribution is -2.30. The molecule has 0 aromatic heterocycles. The zero-order valence-corrected chi connectivity index (χ0v) is 40.0. The van der Waals surface area contributed by atoms with Gasteiger partial charge < -0.3 is 14.2 Å². The van der Waals surface area contributed by atoms with Gasteiger partial charge >= 0.3 is 17.9 Å². The van der Waals surface area contributed by atoms with Crippen LogP contribution in [0.5, 0.6) is 0 Å². The van der Waals surface area contributed by atoms with E-state index in [1.807, 2.05) is 66.8 Å². The van der Waals surface area contributed by atoms with E-state index in [2.05, 4.69) is 124 Å². The molecule has 0 bridgehead atoms. The molecule has 0 saturated carbocycles. The van der Waals surface area contributed by atoms with Crippen LogP contribution in [0.4, 0.5) is 0 Å². The Morgan fingerprint density at radius 3 is 1.17 bits per heavy atom. The molecular formula is C58H84O6. The van der Waals surface area contributed by atoms with Crippen molar-refractivity contribution in [2.24, 2.45) is 0 Å². The maximum atomic E-state index is 12.8. The molecule has 0 aromatic carbocycles. The molecule has 0 aliphatic heterocycles. The van der Waals surface area contributed by atoms with Crippen molar-refractivity contribution in [2.45, 2.75) is 162 Å². The van der Waals surface area contributed by atoms with Crippen molar-refractivity contribution in [3.8, 4) is 0 Å². The summed E-state index contributed by atoms with van der Waals surface area (Å²) in [6, 6.07) is 0. The van der Waals surface area contributed by atoms with Gasteiger partial charge in [-0.25, -0.2) is 0 Å². The van der Waals surface area contributed by atoms with Gasteiger partial charge in [-0.2, -0.15) is 0 Å². The Bertz CT molecular complexity index is 1570. The van der Waals surface area contributed by atoms with Gasteiger partial charge in [-0.05, 0) is 103 Å². The molecule has 352 valence electrons. The number of esters is 3. The molecule has 1 unspecified atom stereocenters. The minimum Gasteiger partial charge on any atom is -0.462 e. The Morgan fingerprint density at radius 1 is 0.328 bits per heavy atom. The lowest BCUT2D eigenvalue weighted by molar-refractivity contribution is -0.166. The third-order valence-electron chi connectivity index (χ3n) is 9.09. The highest BCUT2D eigenvalue weighted by Crippen LogP contribution is 2.10. The molecule has 0 aliphatic rings. The van der Waals surface area contributed by atoms with E-state index in [4.69, 9.17) is 14.2 Å². The first-order valence-electron chi connectivity index (χ1n) is 24.2. The standard InChI is InChI=1S/C58H84O6/c1-4-7-10-13-16-19-22-25-27-28-29-30-31-34-36-39-42-45-48-51-57(60)63-54-55(53-62-56(59)50-47-44-41-38-35-32-24-21-18-15-12-9-6-3)64-58(61)52-49-46-43-40-37-33-26-23-20-17-14-11-8-5-2/h7-12,15-21,24-27,29-30,32-36,38,41-42,45,55H,4-6,13-14,22-23,28,31,37,39-40,43-44,46-54H2,1-3H3/b10-7-,11-8-,12-9-,18-15-,19-16-,20-17-,24-21-,27-25-,30-29-,33-26-,35-32-,36-34-,41-38-,45-42-. The summed E-state index contributed by atoms with van der Waals surface area (Å²) in [7, 11) is 0. The van der Waals surface area contributed by atoms with Crippen LogP contribution in [0.3, 0.4) is 0 Å². The molecule has 0 heterocycles. The molecule has 6 nitrogen and oxygen atoms in total. The van der Waals surface area contributed by atoms with E-state index in [1.54, 1.807) is 0 Å². The maximum Gasteiger partial charge on any atom is 0.306 e. The van der Waals surface area contributed by atoms with Gasteiger partial charge in [0.2, 0.25) is 0 Å². The molecule has 0 radical (unpaired) electrons. The van der Waals surface area contributed by atoms with Gasteiger partial charge in [-0.1, -0.05) is 204 Å². The normalized spacial score (nSPS) is 13.6. The van der Waals surface area contributed by atoms with Crippen LogP contribution in [-0.2, 0) is 28.6 Å². The molecule has 0 aliphatic carbocycles. The summed E-state index contributed by atoms with van der Waals surface area (Å²) >= 11 is 0. The third-order valence-corrected chi connectivity index (χ3v) is 9.09. The smallest absolute Gasteiger partial charge is 0.306 e. The predicted octanol–water partition coefficient (Wildman–Crippen LogP) is 16.0. The minimum atomic E-state index is -0.858. The highest BCUT2D eigenvalue weighted by molar-refractivity contribution is 5.71. The summed E-state index contributed by atoms with van der Waals surface area (Å²) in [4.78, 5) is 37.8. The van der Waals surface area contributed by atoms with E-state index in [-0.39, 0.29) is 44.4 Å². The number of hydrogen-bond acceptors (Lipinski definition) is 6. The molecule has 1 atom stereocenters. The molecule has 0 spiro atoms. The molecular weight excluding hydrogens is 793 g/mol. The average molecular weight is 877 g/mol. The van der Waals surface area contributed by atoms with Gasteiger partial charge in [0, 0.05) is 19.3 Å². The monoisotopic (exact) mass is 877 g/mol. The summed E-state index contributed by atoms with van der Waals surface area (Å²) in [5, 5.41) is 0. The molecule has 0 amide bonds. The molecule has 0 N–H and O–H groups in total. The van der Waals surface area contributed by atoms with Crippen molar-refractivity contribution in [3.05, 3.63) is 170 Å². The number of rotatable bonds is 40. The first kappa shape index (κ1) is 58.8. The number of ether oxygens (including phenoxy) is 3. The van der Waals surface area contributed by atoms with Crippen LogP contribution in [0.1, 0.15) is 156 Å². The quantitative estimate of drug-likeness (QED) is 0.0201. The van der Waals surface area contributed by atoms with Crippen LogP contribution in [0.25, 0.3) is 0 Å². The Balaban J connectivity index is 4.67. The fourth-order valence-electron chi connectivity index (χ4n) is 5.57. The van der Waals surface area contributed by atoms with Crippen LogP contribution in [0.2, 0.25) is 0 Å². The number of unbranched alkanes of at least 4 members (excludes halogenated alkanes) is 5. The van der Waals surface area contributed by atoms with Crippen molar-refractivity contribution in [1.29, 1.82) is 0 Å². The lowest BCUT2D eigenvalue weighted by Gasteiger charge is -2.18. The van der Waals surface area contributed by atoms with Crippen LogP contribution >= 0.6 is 0 Å². The molecule has 6 heteroatoms. The maximum absolute atomic E-state index is 12.8. The third kappa shape index (κ3) is 47.8. The van der Waals surface area contributed by atoms with E-state index in [0.29, 0.717) is 19.3 Å². The Morgan fingerprint density at radius 2 is 0.688 bits per heavy atom. The minimum absolute atomic E-state index is 0.157. The molecule has 0 fully saturated rings. The van der Waals surface area contributed by atoms with Gasteiger partial charge in [0.05, 0.1) is 0 Å². The van der Waals surface area contributed by atoms with Gasteiger partial charge in [0.1, 0.15) is 13.2 Å². The predicted molar refractivity (Wildman–Crippen MR) is 274 cm³/mol. The van der Waals surface area contributed by atoms with Crippen LogP contribution < -0.4 is 0 Å². The first-order chi connectivity index (χ1) is 31.5. The number of allylic oxidation sites excluding steroid dienone is 28. The Hall–Kier alpha value is -5.23. The second kappa shape index (κ2) is 50.4. The number of hydrogen-bond donors (Lipinski definition) is 0. The van der Waals surface area contributed by atoms with Crippen LogP contribution in [-0.4, -0.2) is 37.2 Å². The molecule has 0 saturated heterocycles. The number of carbonyl (C=O) groups is 3. The van der Waals surface area contributed by atoms with Crippen molar-refractivity contribution < 1.29 is 28.6 Å². The zero-order chi connectivity index (χ0) is 46.5. The summed E-state index contributed by atoms with van der Waals surface area (Å²) in [6.45, 7) is 6.07. The first-order valence-corrected chi connectivity index (χ1v) is 24.2. The summed E-state index contributed by atoms with van der Waals surface area (Å²) in [5.74, 6) is -1.15. The molecule has 0 aromatic rings. The summed E-state index contributed by atoms with van der Waals surface area (Å²) in [6.07, 6.45) is 75.0. The largest absolute Gasteiger partial charge is 0.462 e. The molecule has 64 heavy (non-hydrogen) atoms. The fraction of sp³-hybridized carbons (Fsp3) is 0.466. The van der Waals surface area contributed by atoms with Crippen molar-refractivity contribution in [3.63, 3.8) is 0 Å². The van der Waals surface area contributed by atoms with E-state index < -0.39 is 12.1 Å². The van der Waals surface area contributed by atoms with Gasteiger partial charge in [0.15, 0.2) is 6.10 Å². The highest BCUT2D eigenvalue weighted by atomic mass is 16.6. The van der Waals surface area contributed by atoms with Crippen molar-refractivity contribution >= 4 is 17.9 Å². The highest BCUT2D eigenvalue weighted by Gasteiger charge is 2.19. The topological polar surface area (TPSA) is 78.9 Å². The van der Waals surface area contributed by atoms with E-state index in [9.17, 15) is 14.4 Å². The summed E-state index contributed by atoms with van der Waals surface area (Å²) in [5.41, 5.74) is 0. The Labute approximate surface area is 390 Å². The van der Waals surface area contributed by atoms with E-state index in [1.165, 1.54) is 0 Å². The Kier molecular flexibility index (Phi) is 46.3. The zero-order valence-electron chi connectivity index (χ0n) is 40.0. The lowest BCUT2D eigenvalue weighted by atomic mass is 10.1. The number of carbonyl (C=O) groups excluding carboxylic acids is 3.